The van der Waals surface area contributed by atoms with Crippen molar-refractivity contribution in [1.82, 2.24) is 9.29 Å². The van der Waals surface area contributed by atoms with Gasteiger partial charge in [-0.1, -0.05) is 70.0 Å². The molecule has 0 spiro atoms. The Labute approximate surface area is 203 Å². The number of fused-ring (bicyclic) bond motifs is 1. The van der Waals surface area contributed by atoms with Crippen LogP contribution in [0.25, 0.3) is 16.5 Å². The molecule has 4 aromatic rings. The van der Waals surface area contributed by atoms with Crippen LogP contribution in [0.5, 0.6) is 0 Å². The molecule has 0 fully saturated rings. The summed E-state index contributed by atoms with van der Waals surface area (Å²) in [7, 11) is -1.98. The van der Waals surface area contributed by atoms with Gasteiger partial charge in [0.1, 0.15) is 0 Å². The lowest BCUT2D eigenvalue weighted by molar-refractivity contribution is 0.517. The summed E-state index contributed by atoms with van der Waals surface area (Å²) in [4.78, 5) is 3.71. The topological polar surface area (TPSA) is 53.2 Å². The Hall–Kier alpha value is -2.83. The number of H-pyrrole nitrogens is 1. The highest BCUT2D eigenvalue weighted by Crippen LogP contribution is 2.48. The number of sulfonamides is 1. The Kier molecular flexibility index (Phi) is 5.67. The summed E-state index contributed by atoms with van der Waals surface area (Å²) in [6.07, 6.45) is 3.62. The van der Waals surface area contributed by atoms with E-state index in [4.69, 9.17) is 0 Å². The van der Waals surface area contributed by atoms with E-state index in [1.807, 2.05) is 37.3 Å². The fourth-order valence-electron chi connectivity index (χ4n) is 4.81. The first-order chi connectivity index (χ1) is 15.9. The number of halogens is 1. The summed E-state index contributed by atoms with van der Waals surface area (Å²) >= 11 is 3.55. The molecule has 0 saturated carbocycles. The van der Waals surface area contributed by atoms with E-state index in [1.165, 1.54) is 15.3 Å². The van der Waals surface area contributed by atoms with Gasteiger partial charge in [-0.25, -0.2) is 8.42 Å². The van der Waals surface area contributed by atoms with E-state index in [0.717, 1.165) is 38.8 Å². The largest absolute Gasteiger partial charge is 0.361 e. The lowest BCUT2D eigenvalue weighted by Gasteiger charge is -2.24. The molecule has 0 amide bonds. The SMILES string of the molecule is Cc1ccc(S(=O)(=O)N(C)C2=C(c3ccccc3)[C@@H](c3c[nH]c4cc(Br)ccc34)CC2)cc1. The van der Waals surface area contributed by atoms with E-state index >= 15 is 0 Å². The molecule has 0 aliphatic heterocycles. The number of aromatic nitrogens is 1. The van der Waals surface area contributed by atoms with Gasteiger partial charge in [0.2, 0.25) is 0 Å². The zero-order valence-corrected chi connectivity index (χ0v) is 20.9. The van der Waals surface area contributed by atoms with Crippen LogP contribution >= 0.6 is 15.9 Å². The van der Waals surface area contributed by atoms with Gasteiger partial charge in [-0.05, 0) is 60.7 Å². The number of hydrogen-bond acceptors (Lipinski definition) is 2. The number of aryl methyl sites for hydroxylation is 1. The standard InChI is InChI=1S/C27H25BrN2O2S/c1-18-8-11-21(12-9-18)33(31,32)30(2)26-15-14-23(27(26)19-6-4-3-5-7-19)24-17-29-25-16-20(28)10-13-22(24)25/h3-13,16-17,23,29H,14-15H2,1-2H3/t23-/m1/s1. The highest BCUT2D eigenvalue weighted by Gasteiger charge is 2.35. The van der Waals surface area contributed by atoms with Gasteiger partial charge < -0.3 is 4.98 Å². The molecular formula is C27H25BrN2O2S. The molecule has 1 heterocycles. The Morgan fingerprint density at radius 2 is 1.73 bits per heavy atom. The number of nitrogens with one attached hydrogen (secondary N) is 1. The van der Waals surface area contributed by atoms with E-state index in [9.17, 15) is 8.42 Å². The van der Waals surface area contributed by atoms with Crippen molar-refractivity contribution in [2.75, 3.05) is 7.05 Å². The third-order valence-electron chi connectivity index (χ3n) is 6.52. The Morgan fingerprint density at radius 3 is 2.45 bits per heavy atom. The second-order valence-electron chi connectivity index (χ2n) is 8.54. The predicted molar refractivity (Wildman–Crippen MR) is 137 cm³/mol. The molecule has 5 rings (SSSR count). The Morgan fingerprint density at radius 1 is 1.00 bits per heavy atom. The summed E-state index contributed by atoms with van der Waals surface area (Å²) in [6.45, 7) is 1.96. The lowest BCUT2D eigenvalue weighted by Crippen LogP contribution is -2.26. The van der Waals surface area contributed by atoms with Crippen molar-refractivity contribution in [1.29, 1.82) is 0 Å². The van der Waals surface area contributed by atoms with E-state index in [2.05, 4.69) is 57.4 Å². The molecule has 1 aliphatic carbocycles. The van der Waals surface area contributed by atoms with Crippen molar-refractivity contribution in [2.24, 2.45) is 0 Å². The molecule has 3 aromatic carbocycles. The summed E-state index contributed by atoms with van der Waals surface area (Å²) < 4.78 is 29.6. The van der Waals surface area contributed by atoms with Crippen molar-refractivity contribution in [3.63, 3.8) is 0 Å². The molecule has 168 valence electrons. The normalized spacial score (nSPS) is 16.5. The molecule has 1 atom stereocenters. The van der Waals surface area contributed by atoms with E-state index in [1.54, 1.807) is 19.2 Å². The first-order valence-electron chi connectivity index (χ1n) is 11.0. The fourth-order valence-corrected chi connectivity index (χ4v) is 6.44. The second kappa shape index (κ2) is 8.50. The lowest BCUT2D eigenvalue weighted by atomic mass is 9.88. The maximum atomic E-state index is 13.5. The van der Waals surface area contributed by atoms with E-state index < -0.39 is 10.0 Å². The highest BCUT2D eigenvalue weighted by molar-refractivity contribution is 9.10. The smallest absolute Gasteiger partial charge is 0.263 e. The first kappa shape index (κ1) is 22.0. The van der Waals surface area contributed by atoms with Gasteiger partial charge in [-0.2, -0.15) is 0 Å². The molecule has 4 nitrogen and oxygen atoms in total. The summed E-state index contributed by atoms with van der Waals surface area (Å²) in [6, 6.07) is 23.5. The molecule has 0 radical (unpaired) electrons. The molecule has 0 unspecified atom stereocenters. The maximum absolute atomic E-state index is 13.5. The number of rotatable bonds is 5. The van der Waals surface area contributed by atoms with Crippen molar-refractivity contribution < 1.29 is 8.42 Å². The monoisotopic (exact) mass is 520 g/mol. The minimum atomic E-state index is -3.66. The Balaban J connectivity index is 1.65. The van der Waals surface area contributed by atoms with Crippen molar-refractivity contribution >= 4 is 42.4 Å². The molecule has 6 heteroatoms. The summed E-state index contributed by atoms with van der Waals surface area (Å²) in [5.41, 5.74) is 6.31. The average molecular weight is 521 g/mol. The zero-order valence-electron chi connectivity index (χ0n) is 18.5. The number of nitrogens with zero attached hydrogens (tertiary/aromatic N) is 1. The van der Waals surface area contributed by atoms with Crippen LogP contribution in [0.3, 0.4) is 0 Å². The van der Waals surface area contributed by atoms with Crippen LogP contribution in [0, 0.1) is 6.92 Å². The van der Waals surface area contributed by atoms with Gasteiger partial charge in [0.05, 0.1) is 4.90 Å². The van der Waals surface area contributed by atoms with Gasteiger partial charge in [-0.3, -0.25) is 4.31 Å². The van der Waals surface area contributed by atoms with Gasteiger partial charge >= 0.3 is 0 Å². The number of allylic oxidation sites excluding steroid dienone is 2. The quantitative estimate of drug-likeness (QED) is 0.312. The molecule has 0 saturated heterocycles. The second-order valence-corrected chi connectivity index (χ2v) is 11.4. The van der Waals surface area contributed by atoms with Crippen LogP contribution in [-0.4, -0.2) is 24.8 Å². The van der Waals surface area contributed by atoms with Crippen LogP contribution in [-0.2, 0) is 10.0 Å². The van der Waals surface area contributed by atoms with E-state index in [0.29, 0.717) is 11.3 Å². The number of aromatic amines is 1. The molecule has 0 bridgehead atoms. The average Bonchev–Trinajstić information content (AvgIpc) is 3.43. The molecule has 1 N–H and O–H groups in total. The minimum absolute atomic E-state index is 0.105. The third-order valence-corrected chi connectivity index (χ3v) is 8.83. The van der Waals surface area contributed by atoms with Crippen molar-refractivity contribution in [3.8, 4) is 0 Å². The molecule has 1 aliphatic rings. The van der Waals surface area contributed by atoms with Crippen molar-refractivity contribution in [2.45, 2.75) is 30.6 Å². The molecule has 1 aromatic heterocycles. The zero-order chi connectivity index (χ0) is 23.2. The van der Waals surface area contributed by atoms with Crippen molar-refractivity contribution in [3.05, 3.63) is 106 Å². The third kappa shape index (κ3) is 3.91. The molecule has 33 heavy (non-hydrogen) atoms. The summed E-state index contributed by atoms with van der Waals surface area (Å²) in [5.74, 6) is 0.105. The van der Waals surface area contributed by atoms with E-state index in [-0.39, 0.29) is 5.92 Å². The van der Waals surface area contributed by atoms with Crippen LogP contribution in [0.1, 0.15) is 35.4 Å². The van der Waals surface area contributed by atoms with Gasteiger partial charge in [0, 0.05) is 40.2 Å². The number of benzene rings is 3. The van der Waals surface area contributed by atoms with Crippen LogP contribution in [0.4, 0.5) is 0 Å². The highest BCUT2D eigenvalue weighted by atomic mass is 79.9. The maximum Gasteiger partial charge on any atom is 0.263 e. The van der Waals surface area contributed by atoms with Crippen LogP contribution in [0.2, 0.25) is 0 Å². The molecular weight excluding hydrogens is 496 g/mol. The fraction of sp³-hybridized carbons (Fsp3) is 0.185. The van der Waals surface area contributed by atoms with Gasteiger partial charge in [-0.15, -0.1) is 0 Å². The van der Waals surface area contributed by atoms with Gasteiger partial charge in [0.25, 0.3) is 10.0 Å². The summed E-state index contributed by atoms with van der Waals surface area (Å²) in [5, 5.41) is 1.17. The Bertz CT molecular complexity index is 1460. The van der Waals surface area contributed by atoms with Crippen LogP contribution < -0.4 is 0 Å². The first-order valence-corrected chi connectivity index (χ1v) is 13.2. The number of hydrogen-bond donors (Lipinski definition) is 1. The predicted octanol–water partition coefficient (Wildman–Crippen LogP) is 6.85. The van der Waals surface area contributed by atoms with Gasteiger partial charge in [0.15, 0.2) is 0 Å². The minimum Gasteiger partial charge on any atom is -0.361 e. The van der Waals surface area contributed by atoms with Crippen LogP contribution in [0.15, 0.2) is 94.1 Å².